The Morgan fingerprint density at radius 1 is 1.33 bits per heavy atom. The number of aromatic nitrogens is 3. The molecule has 0 fully saturated rings. The van der Waals surface area contributed by atoms with Crippen LogP contribution >= 0.6 is 39.3 Å². The predicted molar refractivity (Wildman–Crippen MR) is 124 cm³/mol. The first-order valence-electron chi connectivity index (χ1n) is 9.07. The molecule has 0 radical (unpaired) electrons. The molecule has 1 aromatic heterocycles. The number of ether oxygens (including phenoxy) is 1. The lowest BCUT2D eigenvalue weighted by atomic mass is 10.2. The summed E-state index contributed by atoms with van der Waals surface area (Å²) in [6.45, 7) is 6.46. The third kappa shape index (κ3) is 5.87. The molecule has 0 aliphatic rings. The number of aryl methyl sites for hydroxylation is 1. The molecule has 0 atom stereocenters. The highest BCUT2D eigenvalue weighted by Crippen LogP contribution is 2.25. The summed E-state index contributed by atoms with van der Waals surface area (Å²) in [5.74, 6) is 1.28. The zero-order valence-corrected chi connectivity index (χ0v) is 19.4. The molecule has 1 heterocycles. The summed E-state index contributed by atoms with van der Waals surface area (Å²) in [6.07, 6.45) is 1.75. The summed E-state index contributed by atoms with van der Waals surface area (Å²) in [6, 6.07) is 12.9. The molecule has 0 aliphatic heterocycles. The Bertz CT molecular complexity index is 1060. The van der Waals surface area contributed by atoms with Gasteiger partial charge in [0, 0.05) is 16.7 Å². The van der Waals surface area contributed by atoms with Gasteiger partial charge in [0.15, 0.2) is 11.0 Å². The quantitative estimate of drug-likeness (QED) is 0.306. The van der Waals surface area contributed by atoms with E-state index in [4.69, 9.17) is 16.3 Å². The van der Waals surface area contributed by atoms with E-state index in [0.717, 1.165) is 15.7 Å². The van der Waals surface area contributed by atoms with E-state index in [0.29, 0.717) is 28.3 Å². The van der Waals surface area contributed by atoms with Crippen molar-refractivity contribution in [1.82, 2.24) is 14.8 Å². The fraction of sp³-hybridized carbons (Fsp3) is 0.190. The fourth-order valence-corrected chi connectivity index (χ4v) is 3.80. The molecule has 156 valence electrons. The first-order chi connectivity index (χ1) is 14.5. The molecule has 1 amide bonds. The molecule has 0 unspecified atom stereocenters. The van der Waals surface area contributed by atoms with E-state index in [1.807, 2.05) is 41.8 Å². The van der Waals surface area contributed by atoms with Crippen LogP contribution in [0.5, 0.6) is 5.75 Å². The molecule has 0 bridgehead atoms. The molecule has 0 saturated carbocycles. The SMILES string of the molecule is C=CCn1c(COc2ccccc2Cl)nnc1SCC(=O)Nc1ccc(Br)c(C)c1. The lowest BCUT2D eigenvalue weighted by Crippen LogP contribution is -2.15. The van der Waals surface area contributed by atoms with Crippen LogP contribution in [0.3, 0.4) is 0 Å². The third-order valence-electron chi connectivity index (χ3n) is 4.07. The molecule has 3 aromatic rings. The Balaban J connectivity index is 1.62. The standard InChI is InChI=1S/C21H20BrClN4O2S/c1-3-10-27-19(12-29-18-7-5-4-6-17(18)23)25-26-21(27)30-13-20(28)24-15-8-9-16(22)14(2)11-15/h3-9,11H,1,10,12-13H2,2H3,(H,24,28). The van der Waals surface area contributed by atoms with Crippen LogP contribution in [0.25, 0.3) is 0 Å². The minimum Gasteiger partial charge on any atom is -0.484 e. The van der Waals surface area contributed by atoms with Gasteiger partial charge in [0.25, 0.3) is 0 Å². The summed E-state index contributed by atoms with van der Waals surface area (Å²) < 4.78 is 8.63. The van der Waals surface area contributed by atoms with Gasteiger partial charge < -0.3 is 10.1 Å². The van der Waals surface area contributed by atoms with Crippen LogP contribution < -0.4 is 10.1 Å². The second-order valence-corrected chi connectivity index (χ2v) is 8.52. The second kappa shape index (κ2) is 10.7. The van der Waals surface area contributed by atoms with Crippen LogP contribution in [-0.4, -0.2) is 26.4 Å². The van der Waals surface area contributed by atoms with Crippen LogP contribution in [0.15, 0.2) is 64.7 Å². The number of nitrogens with one attached hydrogen (secondary N) is 1. The Labute approximate surface area is 192 Å². The number of thioether (sulfide) groups is 1. The highest BCUT2D eigenvalue weighted by Gasteiger charge is 2.15. The molecule has 9 heteroatoms. The van der Waals surface area contributed by atoms with Crippen LogP contribution in [0.4, 0.5) is 5.69 Å². The third-order valence-corrected chi connectivity index (χ3v) is 6.24. The van der Waals surface area contributed by atoms with Crippen molar-refractivity contribution in [3.63, 3.8) is 0 Å². The van der Waals surface area contributed by atoms with E-state index in [-0.39, 0.29) is 18.3 Å². The van der Waals surface area contributed by atoms with Gasteiger partial charge in [-0.25, -0.2) is 0 Å². The maximum absolute atomic E-state index is 12.3. The number of benzene rings is 2. The number of allylic oxidation sites excluding steroid dienone is 1. The fourth-order valence-electron chi connectivity index (χ4n) is 2.60. The van der Waals surface area contributed by atoms with Crippen LogP contribution in [0.1, 0.15) is 11.4 Å². The van der Waals surface area contributed by atoms with Gasteiger partial charge in [0.05, 0.1) is 10.8 Å². The number of carbonyl (C=O) groups excluding carboxylic acids is 1. The van der Waals surface area contributed by atoms with Crippen molar-refractivity contribution in [3.05, 3.63) is 76.0 Å². The van der Waals surface area contributed by atoms with Crippen molar-refractivity contribution in [2.24, 2.45) is 0 Å². The smallest absolute Gasteiger partial charge is 0.234 e. The predicted octanol–water partition coefficient (Wildman–Crippen LogP) is 5.50. The van der Waals surface area contributed by atoms with E-state index >= 15 is 0 Å². The molecule has 2 aromatic carbocycles. The van der Waals surface area contributed by atoms with Gasteiger partial charge in [0.1, 0.15) is 12.4 Å². The normalized spacial score (nSPS) is 10.6. The number of nitrogens with zero attached hydrogens (tertiary/aromatic N) is 3. The average Bonchev–Trinajstić information content (AvgIpc) is 3.10. The van der Waals surface area contributed by atoms with Crippen LogP contribution in [0.2, 0.25) is 5.02 Å². The van der Waals surface area contributed by atoms with E-state index in [2.05, 4.69) is 38.0 Å². The Kier molecular flexibility index (Phi) is 7.95. The van der Waals surface area contributed by atoms with Gasteiger partial charge in [0.2, 0.25) is 5.91 Å². The maximum Gasteiger partial charge on any atom is 0.234 e. The van der Waals surface area contributed by atoms with E-state index < -0.39 is 0 Å². The number of halogens is 2. The summed E-state index contributed by atoms with van der Waals surface area (Å²) in [4.78, 5) is 12.3. The first-order valence-corrected chi connectivity index (χ1v) is 11.2. The van der Waals surface area contributed by atoms with Crippen molar-refractivity contribution in [2.45, 2.75) is 25.2 Å². The minimum absolute atomic E-state index is 0.122. The molecule has 0 aliphatic carbocycles. The van der Waals surface area contributed by atoms with E-state index in [1.165, 1.54) is 11.8 Å². The highest BCUT2D eigenvalue weighted by atomic mass is 79.9. The van der Waals surface area contributed by atoms with E-state index in [9.17, 15) is 4.79 Å². The highest BCUT2D eigenvalue weighted by molar-refractivity contribution is 9.10. The average molecular weight is 508 g/mol. The van der Waals surface area contributed by atoms with E-state index in [1.54, 1.807) is 18.2 Å². The molecular formula is C21H20BrClN4O2S. The van der Waals surface area contributed by atoms with Gasteiger partial charge in [-0.3, -0.25) is 9.36 Å². The zero-order valence-electron chi connectivity index (χ0n) is 16.3. The number of amides is 1. The monoisotopic (exact) mass is 506 g/mol. The van der Waals surface area contributed by atoms with Crippen molar-refractivity contribution < 1.29 is 9.53 Å². The maximum atomic E-state index is 12.3. The lowest BCUT2D eigenvalue weighted by molar-refractivity contribution is -0.113. The molecule has 0 spiro atoms. The van der Waals surface area contributed by atoms with Crippen molar-refractivity contribution in [1.29, 1.82) is 0 Å². The Morgan fingerprint density at radius 3 is 2.87 bits per heavy atom. The zero-order chi connectivity index (χ0) is 21.5. The number of hydrogen-bond donors (Lipinski definition) is 1. The topological polar surface area (TPSA) is 69.0 Å². The summed E-state index contributed by atoms with van der Waals surface area (Å²) >= 11 is 10.9. The number of para-hydroxylation sites is 1. The summed E-state index contributed by atoms with van der Waals surface area (Å²) in [5, 5.41) is 12.4. The van der Waals surface area contributed by atoms with Crippen molar-refractivity contribution in [3.8, 4) is 5.75 Å². The number of hydrogen-bond acceptors (Lipinski definition) is 5. The van der Waals surface area contributed by atoms with Crippen molar-refractivity contribution in [2.75, 3.05) is 11.1 Å². The summed E-state index contributed by atoms with van der Waals surface area (Å²) in [5.41, 5.74) is 1.80. The molecule has 1 N–H and O–H groups in total. The van der Waals surface area contributed by atoms with Gasteiger partial charge in [-0.05, 0) is 42.8 Å². The largest absolute Gasteiger partial charge is 0.484 e. The summed E-state index contributed by atoms with van der Waals surface area (Å²) in [7, 11) is 0. The van der Waals surface area contributed by atoms with Crippen LogP contribution in [-0.2, 0) is 17.9 Å². The number of rotatable bonds is 9. The van der Waals surface area contributed by atoms with Gasteiger partial charge >= 0.3 is 0 Å². The van der Waals surface area contributed by atoms with Crippen LogP contribution in [0, 0.1) is 6.92 Å². The number of carbonyl (C=O) groups is 1. The second-order valence-electron chi connectivity index (χ2n) is 6.32. The minimum atomic E-state index is -0.122. The Hall–Kier alpha value is -2.29. The molecular weight excluding hydrogens is 488 g/mol. The molecule has 3 rings (SSSR count). The van der Waals surface area contributed by atoms with Gasteiger partial charge in [-0.1, -0.05) is 57.5 Å². The van der Waals surface area contributed by atoms with Gasteiger partial charge in [-0.2, -0.15) is 0 Å². The lowest BCUT2D eigenvalue weighted by Gasteiger charge is -2.10. The Morgan fingerprint density at radius 2 is 2.13 bits per heavy atom. The van der Waals surface area contributed by atoms with Crippen molar-refractivity contribution >= 4 is 50.9 Å². The molecule has 30 heavy (non-hydrogen) atoms. The van der Waals surface area contributed by atoms with Gasteiger partial charge in [-0.15, -0.1) is 16.8 Å². The molecule has 0 saturated heterocycles. The first kappa shape index (κ1) is 22.4. The molecule has 6 nitrogen and oxygen atoms in total. The number of anilines is 1.